The molecule has 2 heterocycles. The van der Waals surface area contributed by atoms with Crippen LogP contribution >= 0.6 is 14.9 Å². The summed E-state index contributed by atoms with van der Waals surface area (Å²) < 4.78 is 48.0. The van der Waals surface area contributed by atoms with E-state index in [9.17, 15) is 28.6 Å². The van der Waals surface area contributed by atoms with E-state index in [1.165, 1.54) is 24.5 Å². The van der Waals surface area contributed by atoms with Gasteiger partial charge in [-0.15, -0.1) is 0 Å². The molecule has 10 nitrogen and oxygen atoms in total. The zero-order chi connectivity index (χ0) is 24.3. The fourth-order valence-electron chi connectivity index (χ4n) is 3.02. The lowest BCUT2D eigenvalue weighted by atomic mass is 10.2. The molecule has 1 saturated heterocycles. The Bertz CT molecular complexity index is 1070. The fourth-order valence-corrected chi connectivity index (χ4v) is 6.99. The van der Waals surface area contributed by atoms with E-state index in [2.05, 4.69) is 11.3 Å². The van der Waals surface area contributed by atoms with Gasteiger partial charge in [0.1, 0.15) is 11.6 Å². The highest BCUT2D eigenvalue weighted by Crippen LogP contribution is 2.78. The van der Waals surface area contributed by atoms with Crippen molar-refractivity contribution in [1.82, 2.24) is 4.98 Å². The fraction of sp³-hybridized carbons (Fsp3) is 0.350. The van der Waals surface area contributed by atoms with Crippen LogP contribution in [0.1, 0.15) is 37.2 Å². The number of hydrogen-bond acceptors (Lipinski definition) is 9. The van der Waals surface area contributed by atoms with Gasteiger partial charge >= 0.3 is 13.6 Å². The molecule has 1 fully saturated rings. The molecule has 0 amide bonds. The average Bonchev–Trinajstić information content (AvgIpc) is 2.73. The van der Waals surface area contributed by atoms with E-state index >= 15 is 0 Å². The number of nitrogens with zero attached hydrogens (tertiary/aromatic N) is 1. The number of carbonyl (C=O) groups excluding carboxylic acids is 1. The number of ether oxygens (including phenoxy) is 2. The molecule has 4 atom stereocenters. The molecule has 180 valence electrons. The minimum Gasteiger partial charge on any atom is -0.457 e. The number of carbonyl (C=O) groups is 1. The summed E-state index contributed by atoms with van der Waals surface area (Å²) in [7, 11) is -9.25. The van der Waals surface area contributed by atoms with Gasteiger partial charge in [0.25, 0.3) is 0 Å². The minimum atomic E-state index is -5.00. The van der Waals surface area contributed by atoms with Gasteiger partial charge in [-0.2, -0.15) is 0 Å². The maximum absolute atomic E-state index is 14.7. The van der Waals surface area contributed by atoms with Crippen molar-refractivity contribution in [1.29, 1.82) is 0 Å². The van der Waals surface area contributed by atoms with Crippen molar-refractivity contribution in [3.63, 3.8) is 0 Å². The third-order valence-corrected chi connectivity index (χ3v) is 9.86. The molecular formula is C20H24FNO9P2. The van der Waals surface area contributed by atoms with Gasteiger partial charge in [0.2, 0.25) is 18.2 Å². The van der Waals surface area contributed by atoms with Crippen LogP contribution in [0.15, 0.2) is 42.7 Å². The van der Waals surface area contributed by atoms with E-state index < -0.39 is 51.3 Å². The lowest BCUT2D eigenvalue weighted by Crippen LogP contribution is -2.38. The second-order valence-electron chi connectivity index (χ2n) is 7.29. The standard InChI is InChI=1S/C20H24FNO9P2/c1-3-5-18(23)29-13-28-15-7-8-16(17(21)10-15)19-30-32(2,25)20(24,33(26,27)31-19)11-14-6-4-9-22-12-14/h4,6-10,12,19,24-25H,2-3,5,11,13H2,1H3,(H,26,27). The number of halogens is 1. The predicted octanol–water partition coefficient (Wildman–Crippen LogP) is 3.29. The smallest absolute Gasteiger partial charge is 0.371 e. The van der Waals surface area contributed by atoms with Gasteiger partial charge in [0.05, 0.1) is 0 Å². The Balaban J connectivity index is 1.77. The van der Waals surface area contributed by atoms with Crippen LogP contribution < -0.4 is 4.74 Å². The van der Waals surface area contributed by atoms with E-state index in [1.807, 2.05) is 6.92 Å². The highest BCUT2D eigenvalue weighted by molar-refractivity contribution is 7.78. The highest BCUT2D eigenvalue weighted by atomic mass is 31.2. The summed E-state index contributed by atoms with van der Waals surface area (Å²) in [4.78, 5) is 36.5. The molecule has 3 rings (SSSR count). The Morgan fingerprint density at radius 1 is 1.33 bits per heavy atom. The van der Waals surface area contributed by atoms with E-state index in [1.54, 1.807) is 6.07 Å². The molecule has 33 heavy (non-hydrogen) atoms. The first-order valence-corrected chi connectivity index (χ1v) is 13.3. The van der Waals surface area contributed by atoms with Gasteiger partial charge in [-0.3, -0.25) is 23.4 Å². The number of rotatable bonds is 8. The van der Waals surface area contributed by atoms with Crippen LogP contribution in [0.25, 0.3) is 0 Å². The molecule has 0 bridgehead atoms. The maximum atomic E-state index is 14.7. The number of benzene rings is 1. The summed E-state index contributed by atoms with van der Waals surface area (Å²) in [6.45, 7) is 1.39. The molecular weight excluding hydrogens is 479 g/mol. The molecule has 1 aromatic carbocycles. The molecule has 1 aliphatic heterocycles. The summed E-state index contributed by atoms with van der Waals surface area (Å²) in [5, 5.41) is 8.18. The Morgan fingerprint density at radius 3 is 2.70 bits per heavy atom. The Hall–Kier alpha value is -2.10. The Labute approximate surface area is 189 Å². The lowest BCUT2D eigenvalue weighted by molar-refractivity contribution is -0.150. The van der Waals surface area contributed by atoms with Gasteiger partial charge < -0.3 is 24.4 Å². The van der Waals surface area contributed by atoms with Crippen molar-refractivity contribution in [2.24, 2.45) is 0 Å². The number of hydrogen-bond donors (Lipinski definition) is 3. The number of aliphatic hydroxyl groups is 1. The quantitative estimate of drug-likeness (QED) is 0.279. The molecule has 13 heteroatoms. The summed E-state index contributed by atoms with van der Waals surface area (Å²) >= 11 is 0. The number of pyridine rings is 1. The normalized spacial score (nSPS) is 29.4. The predicted molar refractivity (Wildman–Crippen MR) is 117 cm³/mol. The van der Waals surface area contributed by atoms with Crippen molar-refractivity contribution in [2.75, 3.05) is 6.79 Å². The topological polar surface area (TPSA) is 145 Å². The Morgan fingerprint density at radius 2 is 2.09 bits per heavy atom. The zero-order valence-electron chi connectivity index (χ0n) is 17.7. The first-order valence-electron chi connectivity index (χ1n) is 9.84. The molecule has 2 aromatic rings. The molecule has 3 N–H and O–H groups in total. The van der Waals surface area contributed by atoms with Crippen molar-refractivity contribution in [3.8, 4) is 5.75 Å². The summed E-state index contributed by atoms with van der Waals surface area (Å²) in [5.41, 5.74) is -0.000532. The number of esters is 1. The molecule has 4 unspecified atom stereocenters. The molecule has 1 aliphatic rings. The lowest BCUT2D eigenvalue weighted by Gasteiger charge is -2.45. The van der Waals surface area contributed by atoms with Crippen LogP contribution in [0.2, 0.25) is 0 Å². The largest absolute Gasteiger partial charge is 0.457 e. The molecule has 0 radical (unpaired) electrons. The second-order valence-corrected chi connectivity index (χ2v) is 12.0. The molecule has 1 aromatic heterocycles. The van der Waals surface area contributed by atoms with Crippen LogP contribution in [-0.4, -0.2) is 44.0 Å². The van der Waals surface area contributed by atoms with Gasteiger partial charge in [-0.25, -0.2) is 4.39 Å². The van der Waals surface area contributed by atoms with Gasteiger partial charge in [0, 0.05) is 36.9 Å². The van der Waals surface area contributed by atoms with Crippen molar-refractivity contribution < 1.29 is 47.2 Å². The maximum Gasteiger partial charge on any atom is 0.371 e. The SMILES string of the molecule is C=P1(O)OC(c2ccc(OCOC(=O)CCC)cc2F)OP(=O)(O)C1(O)Cc1cccnc1. The van der Waals surface area contributed by atoms with Gasteiger partial charge in [-0.05, 0) is 36.5 Å². The van der Waals surface area contributed by atoms with E-state index in [4.69, 9.17) is 18.5 Å². The average molecular weight is 503 g/mol. The summed E-state index contributed by atoms with van der Waals surface area (Å²) in [6, 6.07) is 6.43. The van der Waals surface area contributed by atoms with Crippen LogP contribution in [0.4, 0.5) is 4.39 Å². The molecule has 0 spiro atoms. The van der Waals surface area contributed by atoms with Crippen molar-refractivity contribution >= 4 is 27.2 Å². The zero-order valence-corrected chi connectivity index (χ0v) is 19.5. The van der Waals surface area contributed by atoms with Crippen LogP contribution in [0.5, 0.6) is 5.75 Å². The van der Waals surface area contributed by atoms with Crippen LogP contribution in [0.3, 0.4) is 0 Å². The van der Waals surface area contributed by atoms with Crippen molar-refractivity contribution in [3.05, 3.63) is 59.7 Å². The van der Waals surface area contributed by atoms with Crippen LogP contribution in [0, 0.1) is 5.82 Å². The van der Waals surface area contributed by atoms with E-state index in [0.717, 1.165) is 12.1 Å². The second kappa shape index (κ2) is 10.0. The highest BCUT2D eigenvalue weighted by Gasteiger charge is 2.62. The minimum absolute atomic E-state index is 0.0105. The van der Waals surface area contributed by atoms with Gasteiger partial charge in [-0.1, -0.05) is 13.0 Å². The van der Waals surface area contributed by atoms with E-state index in [0.29, 0.717) is 12.0 Å². The molecule has 0 aliphatic carbocycles. The molecule has 0 saturated carbocycles. The monoisotopic (exact) mass is 503 g/mol. The first kappa shape index (κ1) is 25.5. The van der Waals surface area contributed by atoms with Crippen molar-refractivity contribution in [2.45, 2.75) is 37.6 Å². The summed E-state index contributed by atoms with van der Waals surface area (Å²) in [5.74, 6) is -1.40. The third-order valence-electron chi connectivity index (χ3n) is 4.81. The summed E-state index contributed by atoms with van der Waals surface area (Å²) in [6.07, 6.45) is 4.72. The van der Waals surface area contributed by atoms with Gasteiger partial charge in [0.15, 0.2) is 7.34 Å². The van der Waals surface area contributed by atoms with E-state index in [-0.39, 0.29) is 17.7 Å². The third kappa shape index (κ3) is 5.53. The Kier molecular flexibility index (Phi) is 7.76. The number of aromatic nitrogens is 1. The van der Waals surface area contributed by atoms with Crippen LogP contribution in [-0.2, 0) is 29.6 Å². The first-order chi connectivity index (χ1) is 15.5.